The lowest BCUT2D eigenvalue weighted by Gasteiger charge is -2.14. The number of nitrogens with two attached hydrogens (primary N) is 1. The van der Waals surface area contributed by atoms with Crippen molar-refractivity contribution in [3.05, 3.63) is 51.9 Å². The van der Waals surface area contributed by atoms with Crippen LogP contribution in [0.4, 0.5) is 16.4 Å². The number of amides is 3. The molecule has 0 bridgehead atoms. The molecule has 0 fully saturated rings. The van der Waals surface area contributed by atoms with Gasteiger partial charge in [-0.2, -0.15) is 4.98 Å². The van der Waals surface area contributed by atoms with Crippen molar-refractivity contribution >= 4 is 46.5 Å². The monoisotopic (exact) mass is 485 g/mol. The first-order valence-electron chi connectivity index (χ1n) is 10.4. The largest absolute Gasteiger partial charge is 0.481 e. The number of nitrogen functional groups attached to an aromatic ring is 1. The van der Waals surface area contributed by atoms with Crippen LogP contribution in [0, 0.1) is 0 Å². The maximum absolute atomic E-state index is 12.3. The summed E-state index contributed by atoms with van der Waals surface area (Å²) in [6.45, 7) is 0.249. The maximum atomic E-state index is 12.3. The molecule has 0 saturated heterocycles. The van der Waals surface area contributed by atoms with Gasteiger partial charge in [-0.15, -0.1) is 0 Å². The summed E-state index contributed by atoms with van der Waals surface area (Å²) in [6, 6.07) is 5.48. The van der Waals surface area contributed by atoms with Crippen LogP contribution in [0.15, 0.2) is 35.1 Å². The summed E-state index contributed by atoms with van der Waals surface area (Å²) in [4.78, 5) is 67.5. The number of urea groups is 1. The van der Waals surface area contributed by atoms with Crippen LogP contribution in [0.25, 0.3) is 11.0 Å². The molecule has 14 heteroatoms. The van der Waals surface area contributed by atoms with Crippen molar-refractivity contribution in [1.82, 2.24) is 25.6 Å². The van der Waals surface area contributed by atoms with E-state index >= 15 is 0 Å². The van der Waals surface area contributed by atoms with Crippen molar-refractivity contribution in [2.45, 2.75) is 25.3 Å². The number of anilines is 2. The SMILES string of the molecule is Nc1nc2[nH]c(CCNC(=O)Nc3ccc(C(=O)N[C@@H](CCC(=O)O)C(=O)O)cc3)cc2c(=O)[nH]1. The maximum Gasteiger partial charge on any atom is 0.326 e. The Bertz CT molecular complexity index is 1310. The highest BCUT2D eigenvalue weighted by Crippen LogP contribution is 2.11. The van der Waals surface area contributed by atoms with Crippen LogP contribution in [0.1, 0.15) is 28.9 Å². The molecule has 3 rings (SSSR count). The average molecular weight is 485 g/mol. The molecule has 9 N–H and O–H groups in total. The van der Waals surface area contributed by atoms with Crippen molar-refractivity contribution in [1.29, 1.82) is 0 Å². The number of benzene rings is 1. The second-order valence-corrected chi connectivity index (χ2v) is 7.51. The summed E-state index contributed by atoms with van der Waals surface area (Å²) in [7, 11) is 0. The minimum atomic E-state index is -1.34. The number of H-pyrrole nitrogens is 2. The number of hydrogen-bond acceptors (Lipinski definition) is 7. The Morgan fingerprint density at radius 3 is 2.46 bits per heavy atom. The molecule has 0 aliphatic carbocycles. The van der Waals surface area contributed by atoms with Crippen LogP contribution in [-0.2, 0) is 16.0 Å². The third-order valence-corrected chi connectivity index (χ3v) is 4.91. The molecule has 35 heavy (non-hydrogen) atoms. The van der Waals surface area contributed by atoms with Crippen LogP contribution >= 0.6 is 0 Å². The van der Waals surface area contributed by atoms with E-state index in [-0.39, 0.29) is 30.0 Å². The number of nitrogens with one attached hydrogen (secondary N) is 5. The molecule has 2 heterocycles. The Morgan fingerprint density at radius 1 is 1.09 bits per heavy atom. The first-order chi connectivity index (χ1) is 16.6. The van der Waals surface area contributed by atoms with E-state index in [2.05, 4.69) is 30.9 Å². The third-order valence-electron chi connectivity index (χ3n) is 4.91. The predicted molar refractivity (Wildman–Crippen MR) is 124 cm³/mol. The quantitative estimate of drug-likeness (QED) is 0.196. The van der Waals surface area contributed by atoms with Crippen molar-refractivity contribution in [3.63, 3.8) is 0 Å². The molecule has 0 radical (unpaired) electrons. The summed E-state index contributed by atoms with van der Waals surface area (Å²) in [6.07, 6.45) is -0.260. The Balaban J connectivity index is 1.49. The van der Waals surface area contributed by atoms with E-state index in [1.807, 2.05) is 0 Å². The van der Waals surface area contributed by atoms with Crippen LogP contribution in [-0.4, -0.2) is 61.6 Å². The number of aromatic amines is 2. The van der Waals surface area contributed by atoms with Gasteiger partial charge in [0, 0.05) is 36.3 Å². The minimum absolute atomic E-state index is 0.00297. The fraction of sp³-hybridized carbons (Fsp3) is 0.238. The van der Waals surface area contributed by atoms with Gasteiger partial charge in [-0.1, -0.05) is 0 Å². The summed E-state index contributed by atoms with van der Waals surface area (Å²) in [5, 5.41) is 25.7. The Morgan fingerprint density at radius 2 is 1.80 bits per heavy atom. The van der Waals surface area contributed by atoms with Gasteiger partial charge >= 0.3 is 18.0 Å². The third kappa shape index (κ3) is 6.80. The normalized spacial score (nSPS) is 11.5. The van der Waals surface area contributed by atoms with Gasteiger partial charge in [0.1, 0.15) is 11.7 Å². The molecular formula is C21H23N7O7. The molecule has 0 aliphatic rings. The van der Waals surface area contributed by atoms with E-state index < -0.39 is 36.3 Å². The Hall–Kier alpha value is -4.88. The topological polar surface area (TPSA) is 232 Å². The average Bonchev–Trinajstić information content (AvgIpc) is 3.19. The number of carboxylic acids is 2. The van der Waals surface area contributed by atoms with Gasteiger partial charge in [0.15, 0.2) is 0 Å². The van der Waals surface area contributed by atoms with Crippen molar-refractivity contribution in [3.8, 4) is 0 Å². The van der Waals surface area contributed by atoms with Gasteiger partial charge in [0.2, 0.25) is 5.95 Å². The lowest BCUT2D eigenvalue weighted by Crippen LogP contribution is -2.41. The van der Waals surface area contributed by atoms with Crippen molar-refractivity contribution in [2.24, 2.45) is 0 Å². The number of hydrogen-bond donors (Lipinski definition) is 8. The predicted octanol–water partition coefficient (Wildman–Crippen LogP) is 0.245. The number of fused-ring (bicyclic) bond motifs is 1. The molecule has 14 nitrogen and oxygen atoms in total. The van der Waals surface area contributed by atoms with Crippen LogP contribution in [0.2, 0.25) is 0 Å². The van der Waals surface area contributed by atoms with Gasteiger partial charge in [-0.3, -0.25) is 19.4 Å². The van der Waals surface area contributed by atoms with E-state index in [0.29, 0.717) is 28.8 Å². The Labute approximate surface area is 196 Å². The number of carboxylic acid groups (broad SMARTS) is 2. The standard InChI is InChI=1S/C21H23N7O7/c22-20-27-16-13(18(32)28-20)9-12(24-16)7-8-23-21(35)25-11-3-1-10(2-4-11)17(31)26-14(19(33)34)5-6-15(29)30/h1-4,9,14H,5-8H2,(H,26,31)(H,29,30)(H,33,34)(H2,23,25,35)(H4,22,24,27,28,32)/t14-/m0/s1. The zero-order valence-corrected chi connectivity index (χ0v) is 18.3. The van der Waals surface area contributed by atoms with E-state index in [1.54, 1.807) is 6.07 Å². The summed E-state index contributed by atoms with van der Waals surface area (Å²) >= 11 is 0. The molecular weight excluding hydrogens is 462 g/mol. The van der Waals surface area contributed by atoms with Gasteiger partial charge in [0.25, 0.3) is 11.5 Å². The number of nitrogens with zero attached hydrogens (tertiary/aromatic N) is 1. The number of aliphatic carboxylic acids is 2. The van der Waals surface area contributed by atoms with Crippen LogP contribution < -0.4 is 27.2 Å². The number of carbonyl (C=O) groups is 4. The molecule has 2 aromatic heterocycles. The summed E-state index contributed by atoms with van der Waals surface area (Å²) < 4.78 is 0. The highest BCUT2D eigenvalue weighted by atomic mass is 16.4. The van der Waals surface area contributed by atoms with E-state index in [4.69, 9.17) is 15.9 Å². The van der Waals surface area contributed by atoms with Gasteiger partial charge in [0.05, 0.1) is 5.39 Å². The molecule has 3 aromatic rings. The fourth-order valence-electron chi connectivity index (χ4n) is 3.18. The molecule has 0 unspecified atom stereocenters. The first kappa shape index (κ1) is 24.8. The molecule has 1 aromatic carbocycles. The zero-order chi connectivity index (χ0) is 25.5. The zero-order valence-electron chi connectivity index (χ0n) is 18.3. The first-order valence-corrected chi connectivity index (χ1v) is 10.4. The number of rotatable bonds is 10. The lowest BCUT2D eigenvalue weighted by atomic mass is 10.1. The van der Waals surface area contributed by atoms with E-state index in [1.165, 1.54) is 24.3 Å². The highest BCUT2D eigenvalue weighted by molar-refractivity contribution is 5.97. The van der Waals surface area contributed by atoms with E-state index in [0.717, 1.165) is 0 Å². The highest BCUT2D eigenvalue weighted by Gasteiger charge is 2.21. The van der Waals surface area contributed by atoms with Gasteiger partial charge in [-0.05, 0) is 36.8 Å². The molecule has 0 saturated carbocycles. The Kier molecular flexibility index (Phi) is 7.66. The summed E-state index contributed by atoms with van der Waals surface area (Å²) in [5.41, 5.74) is 6.71. The smallest absolute Gasteiger partial charge is 0.326 e. The lowest BCUT2D eigenvalue weighted by molar-refractivity contribution is -0.140. The molecule has 1 atom stereocenters. The van der Waals surface area contributed by atoms with Crippen LogP contribution in [0.3, 0.4) is 0 Å². The molecule has 184 valence electrons. The van der Waals surface area contributed by atoms with Gasteiger partial charge < -0.3 is 36.9 Å². The number of carbonyl (C=O) groups excluding carboxylic acids is 2. The van der Waals surface area contributed by atoms with Crippen molar-refractivity contribution in [2.75, 3.05) is 17.6 Å². The second-order valence-electron chi connectivity index (χ2n) is 7.51. The second kappa shape index (κ2) is 10.8. The molecule has 0 spiro atoms. The molecule has 0 aliphatic heterocycles. The summed E-state index contributed by atoms with van der Waals surface area (Å²) in [5.74, 6) is -3.20. The van der Waals surface area contributed by atoms with Crippen molar-refractivity contribution < 1.29 is 29.4 Å². The van der Waals surface area contributed by atoms with Crippen LogP contribution in [0.5, 0.6) is 0 Å². The fourth-order valence-corrected chi connectivity index (χ4v) is 3.18. The van der Waals surface area contributed by atoms with Gasteiger partial charge in [-0.25, -0.2) is 9.59 Å². The molecule has 3 amide bonds. The van der Waals surface area contributed by atoms with E-state index in [9.17, 15) is 24.0 Å². The minimum Gasteiger partial charge on any atom is -0.481 e. The number of aromatic nitrogens is 3.